The third kappa shape index (κ3) is 6.59. The maximum Gasteiger partial charge on any atom is 0.333 e. The van der Waals surface area contributed by atoms with Gasteiger partial charge in [0.2, 0.25) is 0 Å². The van der Waals surface area contributed by atoms with Gasteiger partial charge in [0.05, 0.1) is 15.7 Å². The summed E-state index contributed by atoms with van der Waals surface area (Å²) in [7, 11) is 0. The second-order valence-corrected chi connectivity index (χ2v) is 9.84. The molecule has 0 spiro atoms. The van der Waals surface area contributed by atoms with Crippen LogP contribution < -0.4 is 5.32 Å². The fourth-order valence-electron chi connectivity index (χ4n) is 3.49. The highest BCUT2D eigenvalue weighted by atomic mass is 35.5. The monoisotopic (exact) mass is 481 g/mol. The van der Waals surface area contributed by atoms with E-state index >= 15 is 0 Å². The molecule has 0 saturated carbocycles. The molecule has 1 fully saturated rings. The fourth-order valence-corrected chi connectivity index (χ4v) is 4.55. The third-order valence-corrected chi connectivity index (χ3v) is 7.00. The van der Waals surface area contributed by atoms with Gasteiger partial charge in [-0.2, -0.15) is 0 Å². The summed E-state index contributed by atoms with van der Waals surface area (Å²) in [5, 5.41) is 4.01. The number of carbonyl (C=O) groups is 1. The van der Waals surface area contributed by atoms with Crippen LogP contribution in [0.2, 0.25) is 10.0 Å². The van der Waals surface area contributed by atoms with Gasteiger partial charge in [0.25, 0.3) is 0 Å². The van der Waals surface area contributed by atoms with E-state index < -0.39 is 12.0 Å². The summed E-state index contributed by atoms with van der Waals surface area (Å²) in [6.07, 6.45) is 1.74. The Bertz CT molecular complexity index is 873. The Labute approximate surface area is 196 Å². The number of esters is 1. The first-order valence-electron chi connectivity index (χ1n) is 10.1. The molecule has 0 aliphatic carbocycles. The number of nitroso groups, excluding NO2 is 1. The Kier molecular flexibility index (Phi) is 8.60. The standard InChI is InChI=1S/C22H25Cl2N3O3S/c1-22(31-26-29)10-12-27(13-11-22)14-15-30-21(28)19(16-6-3-2-4-7-16)25-20-17(23)8-5-9-18(20)24/h2-9,19,25H,10-15H2,1H3. The van der Waals surface area contributed by atoms with Gasteiger partial charge in [0, 0.05) is 27.8 Å². The quantitative estimate of drug-likeness (QED) is 0.270. The number of para-hydroxylation sites is 1. The molecule has 2 aromatic rings. The Morgan fingerprint density at radius 1 is 1.16 bits per heavy atom. The average molecular weight is 482 g/mol. The van der Waals surface area contributed by atoms with E-state index in [1.807, 2.05) is 30.3 Å². The lowest BCUT2D eigenvalue weighted by atomic mass is 9.98. The number of nitrogens with one attached hydrogen (secondary N) is 1. The summed E-state index contributed by atoms with van der Waals surface area (Å²) in [4.78, 5) is 25.8. The summed E-state index contributed by atoms with van der Waals surface area (Å²) in [6.45, 7) is 4.65. The van der Waals surface area contributed by atoms with Crippen molar-refractivity contribution in [2.45, 2.75) is 30.6 Å². The molecule has 1 aliphatic rings. The van der Waals surface area contributed by atoms with Gasteiger partial charge < -0.3 is 10.1 Å². The molecule has 1 N–H and O–H groups in total. The van der Waals surface area contributed by atoms with Crippen LogP contribution >= 0.6 is 35.1 Å². The molecule has 0 aromatic heterocycles. The van der Waals surface area contributed by atoms with Crippen LogP contribution in [0.15, 0.2) is 53.1 Å². The zero-order valence-corrected chi connectivity index (χ0v) is 19.6. The van der Waals surface area contributed by atoms with Crippen LogP contribution in [0.4, 0.5) is 5.69 Å². The predicted molar refractivity (Wildman–Crippen MR) is 128 cm³/mol. The highest BCUT2D eigenvalue weighted by Crippen LogP contribution is 2.36. The van der Waals surface area contributed by atoms with Gasteiger partial charge in [0.1, 0.15) is 6.61 Å². The van der Waals surface area contributed by atoms with E-state index in [0.29, 0.717) is 22.3 Å². The smallest absolute Gasteiger partial charge is 0.333 e. The topological polar surface area (TPSA) is 71.0 Å². The fraction of sp³-hybridized carbons (Fsp3) is 0.409. The Hall–Kier alpha value is -1.80. The summed E-state index contributed by atoms with van der Waals surface area (Å²) in [5.74, 6) is -0.398. The minimum absolute atomic E-state index is 0.106. The van der Waals surface area contributed by atoms with Crippen LogP contribution in [0.5, 0.6) is 0 Å². The number of piperidine rings is 1. The number of rotatable bonds is 9. The van der Waals surface area contributed by atoms with Crippen LogP contribution in [0.25, 0.3) is 0 Å². The molecule has 0 bridgehead atoms. The zero-order valence-electron chi connectivity index (χ0n) is 17.2. The van der Waals surface area contributed by atoms with E-state index in [-0.39, 0.29) is 11.4 Å². The van der Waals surface area contributed by atoms with Gasteiger partial charge in [0.15, 0.2) is 6.04 Å². The molecule has 3 rings (SSSR count). The van der Waals surface area contributed by atoms with E-state index in [4.69, 9.17) is 27.9 Å². The van der Waals surface area contributed by atoms with Crippen molar-refractivity contribution in [2.24, 2.45) is 4.58 Å². The lowest BCUT2D eigenvalue weighted by Crippen LogP contribution is -2.42. The van der Waals surface area contributed by atoms with Crippen molar-refractivity contribution in [3.05, 3.63) is 69.0 Å². The lowest BCUT2D eigenvalue weighted by molar-refractivity contribution is -0.145. The van der Waals surface area contributed by atoms with Gasteiger partial charge in [-0.15, -0.1) is 4.91 Å². The van der Waals surface area contributed by atoms with Crippen molar-refractivity contribution in [3.8, 4) is 0 Å². The number of hydrogen-bond donors (Lipinski definition) is 1. The second-order valence-electron chi connectivity index (χ2n) is 7.71. The molecule has 0 amide bonds. The molecule has 9 heteroatoms. The van der Waals surface area contributed by atoms with Crippen molar-refractivity contribution in [2.75, 3.05) is 31.6 Å². The maximum atomic E-state index is 13.0. The zero-order chi connectivity index (χ0) is 22.3. The lowest BCUT2D eigenvalue weighted by Gasteiger charge is -2.36. The molecule has 1 atom stereocenters. The van der Waals surface area contributed by atoms with Crippen molar-refractivity contribution < 1.29 is 9.53 Å². The molecule has 1 aliphatic heterocycles. The van der Waals surface area contributed by atoms with E-state index in [0.717, 1.165) is 43.4 Å². The highest BCUT2D eigenvalue weighted by molar-refractivity contribution is 7.99. The molecule has 2 aromatic carbocycles. The number of carbonyl (C=O) groups excluding carboxylic acids is 1. The van der Waals surface area contributed by atoms with Crippen molar-refractivity contribution in [1.82, 2.24) is 4.90 Å². The first kappa shape index (κ1) is 23.9. The summed E-state index contributed by atoms with van der Waals surface area (Å²) in [5.41, 5.74) is 1.25. The van der Waals surface area contributed by atoms with Gasteiger partial charge in [-0.3, -0.25) is 4.90 Å². The number of hydrogen-bond acceptors (Lipinski definition) is 7. The number of benzene rings is 2. The molecule has 31 heavy (non-hydrogen) atoms. The van der Waals surface area contributed by atoms with Crippen LogP contribution in [0.1, 0.15) is 31.4 Å². The van der Waals surface area contributed by atoms with E-state index in [1.165, 1.54) is 0 Å². The van der Waals surface area contributed by atoms with Crippen LogP contribution in [0.3, 0.4) is 0 Å². The van der Waals surface area contributed by atoms with Gasteiger partial charge in [-0.1, -0.05) is 59.6 Å². The highest BCUT2D eigenvalue weighted by Gasteiger charge is 2.32. The molecule has 166 valence electrons. The number of ether oxygens (including phenoxy) is 1. The van der Waals surface area contributed by atoms with E-state index in [2.05, 4.69) is 21.7 Å². The predicted octanol–water partition coefficient (Wildman–Crippen LogP) is 5.96. The first-order chi connectivity index (χ1) is 14.9. The molecular weight excluding hydrogens is 457 g/mol. The number of nitrogens with zero attached hydrogens (tertiary/aromatic N) is 2. The number of anilines is 1. The van der Waals surface area contributed by atoms with Gasteiger partial charge in [-0.25, -0.2) is 4.79 Å². The minimum atomic E-state index is -0.738. The normalized spacial score (nSPS) is 17.0. The molecular formula is C22H25Cl2N3O3S. The maximum absolute atomic E-state index is 13.0. The third-order valence-electron chi connectivity index (χ3n) is 5.44. The van der Waals surface area contributed by atoms with E-state index in [9.17, 15) is 9.70 Å². The van der Waals surface area contributed by atoms with Gasteiger partial charge >= 0.3 is 5.97 Å². The van der Waals surface area contributed by atoms with Crippen molar-refractivity contribution >= 4 is 46.8 Å². The number of halogens is 2. The van der Waals surface area contributed by atoms with Gasteiger partial charge in [-0.05, 0) is 50.6 Å². The Morgan fingerprint density at radius 3 is 2.42 bits per heavy atom. The first-order valence-corrected chi connectivity index (χ1v) is 11.6. The SMILES string of the molecule is CC1(SN=O)CCN(CCOC(=O)C(Nc2c(Cl)cccc2Cl)c2ccccc2)CC1. The Morgan fingerprint density at radius 2 is 1.81 bits per heavy atom. The molecule has 6 nitrogen and oxygen atoms in total. The number of likely N-dealkylation sites (tertiary alicyclic amines) is 1. The summed E-state index contributed by atoms with van der Waals surface area (Å²) in [6, 6.07) is 13.8. The summed E-state index contributed by atoms with van der Waals surface area (Å²) < 4.78 is 8.49. The van der Waals surface area contributed by atoms with E-state index in [1.54, 1.807) is 18.2 Å². The minimum Gasteiger partial charge on any atom is -0.463 e. The largest absolute Gasteiger partial charge is 0.463 e. The second kappa shape index (κ2) is 11.2. The molecule has 0 radical (unpaired) electrons. The van der Waals surface area contributed by atoms with Crippen LogP contribution in [-0.4, -0.2) is 41.9 Å². The molecule has 1 saturated heterocycles. The Balaban J connectivity index is 1.60. The molecule has 1 unspecified atom stereocenters. The van der Waals surface area contributed by atoms with Crippen molar-refractivity contribution in [3.63, 3.8) is 0 Å². The molecule has 1 heterocycles. The van der Waals surface area contributed by atoms with Crippen LogP contribution in [-0.2, 0) is 9.53 Å². The average Bonchev–Trinajstić information content (AvgIpc) is 2.76. The van der Waals surface area contributed by atoms with Crippen LogP contribution in [0, 0.1) is 4.91 Å². The summed E-state index contributed by atoms with van der Waals surface area (Å²) >= 11 is 13.7. The van der Waals surface area contributed by atoms with Crippen molar-refractivity contribution in [1.29, 1.82) is 0 Å².